The van der Waals surface area contributed by atoms with Crippen LogP contribution in [0.5, 0.6) is 11.6 Å². The van der Waals surface area contributed by atoms with Crippen molar-refractivity contribution in [2.75, 3.05) is 38.2 Å². The van der Waals surface area contributed by atoms with Crippen molar-refractivity contribution in [3.05, 3.63) is 107 Å². The minimum absolute atomic E-state index is 0.138. The first-order valence-electron chi connectivity index (χ1n) is 12.4. The second kappa shape index (κ2) is 11.3. The summed E-state index contributed by atoms with van der Waals surface area (Å²) in [5, 5.41) is 4.51. The number of amides is 1. The van der Waals surface area contributed by atoms with Crippen molar-refractivity contribution >= 4 is 11.6 Å². The lowest BCUT2D eigenvalue weighted by molar-refractivity contribution is 0.0741. The molecule has 1 aliphatic rings. The summed E-state index contributed by atoms with van der Waals surface area (Å²) in [5.41, 5.74) is 3.03. The molecule has 1 aliphatic heterocycles. The van der Waals surface area contributed by atoms with Crippen LogP contribution in [0.25, 0.3) is 0 Å². The van der Waals surface area contributed by atoms with Crippen molar-refractivity contribution in [2.24, 2.45) is 0 Å². The molecule has 196 valence electrons. The van der Waals surface area contributed by atoms with Gasteiger partial charge in [-0.05, 0) is 59.7 Å². The van der Waals surface area contributed by atoms with Gasteiger partial charge < -0.3 is 19.3 Å². The first-order valence-corrected chi connectivity index (χ1v) is 12.4. The van der Waals surface area contributed by atoms with Crippen LogP contribution in [0.15, 0.2) is 79.0 Å². The third-order valence-electron chi connectivity index (χ3n) is 6.51. The predicted molar refractivity (Wildman–Crippen MR) is 140 cm³/mol. The van der Waals surface area contributed by atoms with E-state index in [9.17, 15) is 13.6 Å². The molecule has 7 nitrogen and oxygen atoms in total. The predicted octanol–water partition coefficient (Wildman–Crippen LogP) is 4.76. The van der Waals surface area contributed by atoms with E-state index in [0.717, 1.165) is 22.6 Å². The van der Waals surface area contributed by atoms with Gasteiger partial charge in [0.2, 0.25) is 5.88 Å². The lowest BCUT2D eigenvalue weighted by atomic mass is 10.2. The second-order valence-electron chi connectivity index (χ2n) is 9.06. The molecule has 0 aliphatic carbocycles. The van der Waals surface area contributed by atoms with Gasteiger partial charge in [0.05, 0.1) is 13.7 Å². The van der Waals surface area contributed by atoms with E-state index in [1.807, 2.05) is 24.3 Å². The number of hydrogen-bond donors (Lipinski definition) is 0. The molecule has 0 spiro atoms. The molecular formula is C29H28F2N4O3. The Morgan fingerprint density at radius 1 is 0.842 bits per heavy atom. The third-order valence-corrected chi connectivity index (χ3v) is 6.51. The summed E-state index contributed by atoms with van der Waals surface area (Å²) < 4.78 is 39.4. The number of carbonyl (C=O) groups excluding carboxylic acids is 1. The number of nitrogens with zero attached hydrogens (tertiary/aromatic N) is 4. The molecule has 1 amide bonds. The van der Waals surface area contributed by atoms with Gasteiger partial charge in [0.25, 0.3) is 5.91 Å². The molecule has 0 atom stereocenters. The van der Waals surface area contributed by atoms with Gasteiger partial charge in [-0.3, -0.25) is 9.48 Å². The van der Waals surface area contributed by atoms with Crippen molar-refractivity contribution in [1.82, 2.24) is 14.7 Å². The standard InChI is InChI=1S/C29H28F2N4O3/c1-37-26-12-10-25(11-13-26)33-14-16-34(17-15-33)29(36)27-19-35(18-21-2-6-23(30)7-3-21)32-28(27)38-20-22-4-8-24(31)9-5-22/h2-13,19H,14-18,20H2,1H3. The first-order chi connectivity index (χ1) is 18.5. The lowest BCUT2D eigenvalue weighted by Gasteiger charge is -2.36. The SMILES string of the molecule is COc1ccc(N2CCN(C(=O)c3cn(Cc4ccc(F)cc4)nc3OCc3ccc(F)cc3)CC2)cc1. The molecule has 1 fully saturated rings. The molecule has 1 saturated heterocycles. The maximum atomic E-state index is 13.6. The zero-order valence-electron chi connectivity index (χ0n) is 21.0. The molecule has 4 aromatic rings. The fraction of sp³-hybridized carbons (Fsp3) is 0.241. The van der Waals surface area contributed by atoms with Crippen molar-refractivity contribution in [3.63, 3.8) is 0 Å². The number of halogens is 2. The van der Waals surface area contributed by atoms with E-state index in [-0.39, 0.29) is 30.0 Å². The van der Waals surface area contributed by atoms with Crippen LogP contribution in [-0.2, 0) is 13.2 Å². The number of anilines is 1. The van der Waals surface area contributed by atoms with Gasteiger partial charge in [0.15, 0.2) is 0 Å². The maximum Gasteiger partial charge on any atom is 0.261 e. The Labute approximate surface area is 219 Å². The number of rotatable bonds is 8. The smallest absolute Gasteiger partial charge is 0.261 e. The second-order valence-corrected chi connectivity index (χ2v) is 9.06. The molecule has 2 heterocycles. The first kappa shape index (κ1) is 25.3. The number of carbonyl (C=O) groups is 1. The summed E-state index contributed by atoms with van der Waals surface area (Å²) in [6.07, 6.45) is 1.67. The number of methoxy groups -OCH3 is 1. The van der Waals surface area contributed by atoms with Crippen LogP contribution >= 0.6 is 0 Å². The van der Waals surface area contributed by atoms with Gasteiger partial charge in [0.1, 0.15) is 29.6 Å². The van der Waals surface area contributed by atoms with Gasteiger partial charge in [-0.15, -0.1) is 5.10 Å². The van der Waals surface area contributed by atoms with Crippen LogP contribution in [0.1, 0.15) is 21.5 Å². The topological polar surface area (TPSA) is 59.8 Å². The minimum Gasteiger partial charge on any atom is -0.497 e. The normalized spacial score (nSPS) is 13.4. The van der Waals surface area contributed by atoms with Gasteiger partial charge in [0, 0.05) is 38.1 Å². The van der Waals surface area contributed by atoms with Crippen LogP contribution < -0.4 is 14.4 Å². The van der Waals surface area contributed by atoms with E-state index in [1.54, 1.807) is 47.2 Å². The van der Waals surface area contributed by atoms with Gasteiger partial charge in [-0.1, -0.05) is 24.3 Å². The number of benzene rings is 3. The zero-order valence-corrected chi connectivity index (χ0v) is 21.0. The highest BCUT2D eigenvalue weighted by Crippen LogP contribution is 2.24. The molecule has 0 bridgehead atoms. The summed E-state index contributed by atoms with van der Waals surface area (Å²) in [7, 11) is 1.64. The molecule has 1 aromatic heterocycles. The van der Waals surface area contributed by atoms with Crippen LogP contribution in [0, 0.1) is 11.6 Å². The Kier molecular flexibility index (Phi) is 7.53. The monoisotopic (exact) mass is 518 g/mol. The lowest BCUT2D eigenvalue weighted by Crippen LogP contribution is -2.48. The molecule has 0 N–H and O–H groups in total. The highest BCUT2D eigenvalue weighted by Gasteiger charge is 2.27. The molecule has 3 aromatic carbocycles. The van der Waals surface area contributed by atoms with E-state index in [2.05, 4.69) is 10.00 Å². The van der Waals surface area contributed by atoms with E-state index >= 15 is 0 Å². The Hall–Kier alpha value is -4.40. The Balaban J connectivity index is 1.31. The van der Waals surface area contributed by atoms with Crippen LogP contribution in [0.4, 0.5) is 14.5 Å². The van der Waals surface area contributed by atoms with E-state index in [4.69, 9.17) is 9.47 Å². The minimum atomic E-state index is -0.332. The largest absolute Gasteiger partial charge is 0.497 e. The van der Waals surface area contributed by atoms with Gasteiger partial charge in [-0.2, -0.15) is 0 Å². The van der Waals surface area contributed by atoms with Crippen molar-refractivity contribution < 1.29 is 23.0 Å². The van der Waals surface area contributed by atoms with Gasteiger partial charge in [-0.25, -0.2) is 8.78 Å². The quantitative estimate of drug-likeness (QED) is 0.337. The summed E-state index contributed by atoms with van der Waals surface area (Å²) in [5.74, 6) is 0.190. The Morgan fingerprint density at radius 2 is 1.45 bits per heavy atom. The molecule has 0 unspecified atom stereocenters. The molecule has 0 saturated carbocycles. The van der Waals surface area contributed by atoms with Crippen molar-refractivity contribution in [2.45, 2.75) is 13.2 Å². The maximum absolute atomic E-state index is 13.6. The molecule has 9 heteroatoms. The number of aromatic nitrogens is 2. The summed E-state index contributed by atoms with van der Waals surface area (Å²) >= 11 is 0. The van der Waals surface area contributed by atoms with Crippen LogP contribution in [-0.4, -0.2) is 53.9 Å². The average Bonchev–Trinajstić information content (AvgIpc) is 3.36. The highest BCUT2D eigenvalue weighted by atomic mass is 19.1. The number of hydrogen-bond acceptors (Lipinski definition) is 5. The fourth-order valence-corrected chi connectivity index (χ4v) is 4.38. The molecule has 38 heavy (non-hydrogen) atoms. The highest BCUT2D eigenvalue weighted by molar-refractivity contribution is 5.96. The molecule has 0 radical (unpaired) electrons. The number of piperazine rings is 1. The van der Waals surface area contributed by atoms with Crippen LogP contribution in [0.2, 0.25) is 0 Å². The number of ether oxygens (including phenoxy) is 2. The van der Waals surface area contributed by atoms with E-state index in [1.165, 1.54) is 24.3 Å². The summed E-state index contributed by atoms with van der Waals surface area (Å²) in [6.45, 7) is 2.96. The summed E-state index contributed by atoms with van der Waals surface area (Å²) in [6, 6.07) is 20.0. The van der Waals surface area contributed by atoms with Gasteiger partial charge >= 0.3 is 0 Å². The van der Waals surface area contributed by atoms with Crippen molar-refractivity contribution in [1.29, 1.82) is 0 Å². The molecule has 5 rings (SSSR count). The van der Waals surface area contributed by atoms with E-state index < -0.39 is 0 Å². The van der Waals surface area contributed by atoms with Crippen LogP contribution in [0.3, 0.4) is 0 Å². The van der Waals surface area contributed by atoms with Crippen molar-refractivity contribution in [3.8, 4) is 11.6 Å². The zero-order chi connectivity index (χ0) is 26.5. The molecular weight excluding hydrogens is 490 g/mol. The Bertz CT molecular complexity index is 1360. The van der Waals surface area contributed by atoms with E-state index in [0.29, 0.717) is 38.3 Å². The summed E-state index contributed by atoms with van der Waals surface area (Å²) in [4.78, 5) is 17.6. The third kappa shape index (κ3) is 5.94. The Morgan fingerprint density at radius 3 is 2.05 bits per heavy atom. The fourth-order valence-electron chi connectivity index (χ4n) is 4.38. The average molecular weight is 519 g/mol.